The first kappa shape index (κ1) is 7.61. The summed E-state index contributed by atoms with van der Waals surface area (Å²) in [5, 5.41) is 10.4. The SMILES string of the molecule is Cc1cc2c(Br)cc[n+](O)c2[nH]1. The number of aryl methyl sites for hydroxylation is 1. The maximum atomic E-state index is 9.37. The third kappa shape index (κ3) is 0.992. The fourth-order valence-corrected chi connectivity index (χ4v) is 1.66. The van der Waals surface area contributed by atoms with Gasteiger partial charge in [0.25, 0.3) is 0 Å². The smallest absolute Gasteiger partial charge is 0.327 e. The van der Waals surface area contributed by atoms with Gasteiger partial charge in [0.1, 0.15) is 6.20 Å². The molecule has 0 saturated carbocycles. The fourth-order valence-electron chi connectivity index (χ4n) is 1.24. The van der Waals surface area contributed by atoms with E-state index in [1.54, 1.807) is 12.3 Å². The number of aromatic amines is 1. The van der Waals surface area contributed by atoms with Crippen molar-refractivity contribution in [2.45, 2.75) is 6.92 Å². The molecule has 0 aliphatic carbocycles. The lowest BCUT2D eigenvalue weighted by molar-refractivity contribution is -0.885. The highest BCUT2D eigenvalue weighted by atomic mass is 79.9. The Bertz CT molecular complexity index is 397. The summed E-state index contributed by atoms with van der Waals surface area (Å²) in [7, 11) is 0. The van der Waals surface area contributed by atoms with E-state index in [-0.39, 0.29) is 0 Å². The summed E-state index contributed by atoms with van der Waals surface area (Å²) in [6.45, 7) is 1.95. The topological polar surface area (TPSA) is 39.9 Å². The third-order valence-corrected chi connectivity index (χ3v) is 2.47. The van der Waals surface area contributed by atoms with E-state index in [4.69, 9.17) is 0 Å². The molecule has 2 N–H and O–H groups in total. The average Bonchev–Trinajstić information content (AvgIpc) is 2.41. The lowest BCUT2D eigenvalue weighted by atomic mass is 10.3. The first-order valence-corrected chi connectivity index (χ1v) is 4.36. The van der Waals surface area contributed by atoms with Crippen molar-refractivity contribution in [2.24, 2.45) is 0 Å². The minimum atomic E-state index is 0.710. The van der Waals surface area contributed by atoms with Crippen molar-refractivity contribution in [3.05, 3.63) is 28.5 Å². The number of nitrogens with one attached hydrogen (secondary N) is 1. The van der Waals surface area contributed by atoms with Crippen molar-refractivity contribution in [2.75, 3.05) is 0 Å². The second-order valence-electron chi connectivity index (χ2n) is 2.72. The van der Waals surface area contributed by atoms with Crippen LogP contribution in [0.1, 0.15) is 5.69 Å². The number of halogens is 1. The summed E-state index contributed by atoms with van der Waals surface area (Å²) in [5.74, 6) is 0. The number of hydrogen-bond donors (Lipinski definition) is 2. The highest BCUT2D eigenvalue weighted by Gasteiger charge is 2.11. The number of nitrogens with zero attached hydrogens (tertiary/aromatic N) is 1. The van der Waals surface area contributed by atoms with Crippen molar-refractivity contribution in [1.29, 1.82) is 0 Å². The Kier molecular flexibility index (Phi) is 1.58. The molecule has 0 saturated heterocycles. The van der Waals surface area contributed by atoms with Gasteiger partial charge in [-0.2, -0.15) is 0 Å². The minimum absolute atomic E-state index is 0.710. The number of hydrogen-bond acceptors (Lipinski definition) is 1. The number of fused-ring (bicyclic) bond motifs is 1. The van der Waals surface area contributed by atoms with Crippen molar-refractivity contribution in [3.63, 3.8) is 0 Å². The van der Waals surface area contributed by atoms with Crippen LogP contribution in [-0.4, -0.2) is 10.2 Å². The Balaban J connectivity index is 2.93. The standard InChI is InChI=1S/C8H7BrN2O/c1-5-4-6-7(9)2-3-11(12)8(6)10-5/h2-4,12H,1H3/p+1. The summed E-state index contributed by atoms with van der Waals surface area (Å²) in [4.78, 5) is 3.05. The Morgan fingerprint density at radius 3 is 3.00 bits per heavy atom. The molecule has 4 heteroatoms. The molecule has 0 spiro atoms. The molecule has 2 rings (SSSR count). The van der Waals surface area contributed by atoms with Crippen LogP contribution in [-0.2, 0) is 0 Å². The molecule has 3 nitrogen and oxygen atoms in total. The van der Waals surface area contributed by atoms with Gasteiger partial charge in [-0.25, -0.2) is 4.98 Å². The lowest BCUT2D eigenvalue weighted by Gasteiger charge is -1.91. The molecular formula is C8H8BrN2O+. The van der Waals surface area contributed by atoms with Crippen LogP contribution in [0.5, 0.6) is 0 Å². The Labute approximate surface area is 77.7 Å². The number of aromatic nitrogens is 2. The van der Waals surface area contributed by atoms with Gasteiger partial charge < -0.3 is 5.21 Å². The van der Waals surface area contributed by atoms with E-state index in [2.05, 4.69) is 20.9 Å². The highest BCUT2D eigenvalue weighted by Crippen LogP contribution is 2.20. The van der Waals surface area contributed by atoms with E-state index in [9.17, 15) is 5.21 Å². The first-order chi connectivity index (χ1) is 5.68. The molecule has 0 bridgehead atoms. The van der Waals surface area contributed by atoms with Crippen LogP contribution >= 0.6 is 15.9 Å². The molecular weight excluding hydrogens is 220 g/mol. The molecule has 0 unspecified atom stereocenters. The van der Waals surface area contributed by atoms with Crippen molar-refractivity contribution < 1.29 is 9.94 Å². The lowest BCUT2D eigenvalue weighted by Crippen LogP contribution is -2.30. The fraction of sp³-hybridized carbons (Fsp3) is 0.125. The van der Waals surface area contributed by atoms with E-state index in [0.29, 0.717) is 5.65 Å². The van der Waals surface area contributed by atoms with Gasteiger partial charge in [-0.1, -0.05) is 4.73 Å². The second kappa shape index (κ2) is 2.48. The molecule has 0 aliphatic heterocycles. The van der Waals surface area contributed by atoms with Gasteiger partial charge in [-0.3, -0.25) is 0 Å². The molecule has 2 heterocycles. The van der Waals surface area contributed by atoms with Crippen LogP contribution in [0.25, 0.3) is 11.0 Å². The molecule has 0 amide bonds. The average molecular weight is 228 g/mol. The van der Waals surface area contributed by atoms with Gasteiger partial charge in [-0.15, -0.1) is 0 Å². The van der Waals surface area contributed by atoms with E-state index in [1.165, 1.54) is 0 Å². The number of rotatable bonds is 0. The molecule has 2 aromatic heterocycles. The van der Waals surface area contributed by atoms with Crippen LogP contribution in [0, 0.1) is 6.92 Å². The van der Waals surface area contributed by atoms with Crippen LogP contribution in [0.4, 0.5) is 0 Å². The number of H-pyrrole nitrogens is 1. The molecule has 0 radical (unpaired) electrons. The second-order valence-corrected chi connectivity index (χ2v) is 3.58. The highest BCUT2D eigenvalue weighted by molar-refractivity contribution is 9.10. The van der Waals surface area contributed by atoms with Crippen molar-refractivity contribution in [3.8, 4) is 0 Å². The van der Waals surface area contributed by atoms with Crippen LogP contribution < -0.4 is 4.73 Å². The van der Waals surface area contributed by atoms with Crippen LogP contribution in [0.3, 0.4) is 0 Å². The van der Waals surface area contributed by atoms with E-state index in [0.717, 1.165) is 20.3 Å². The van der Waals surface area contributed by atoms with Crippen molar-refractivity contribution in [1.82, 2.24) is 4.98 Å². The zero-order chi connectivity index (χ0) is 8.72. The maximum Gasteiger partial charge on any atom is 0.327 e. The van der Waals surface area contributed by atoms with Gasteiger partial charge in [0.15, 0.2) is 0 Å². The Hall–Kier alpha value is -1.03. The maximum absolute atomic E-state index is 9.37. The molecule has 0 aliphatic rings. The molecule has 0 atom stereocenters. The first-order valence-electron chi connectivity index (χ1n) is 3.57. The van der Waals surface area contributed by atoms with Gasteiger partial charge in [0.05, 0.1) is 11.1 Å². The summed E-state index contributed by atoms with van der Waals surface area (Å²) in [5.41, 5.74) is 1.74. The monoisotopic (exact) mass is 227 g/mol. The molecule has 62 valence electrons. The predicted molar refractivity (Wildman–Crippen MR) is 48.1 cm³/mol. The summed E-state index contributed by atoms with van der Waals surface area (Å²) in [6.07, 6.45) is 1.59. The van der Waals surface area contributed by atoms with Gasteiger partial charge in [0, 0.05) is 4.47 Å². The van der Waals surface area contributed by atoms with E-state index in [1.807, 2.05) is 13.0 Å². The minimum Gasteiger partial charge on any atom is -0.350 e. The van der Waals surface area contributed by atoms with Gasteiger partial charge in [0.2, 0.25) is 0 Å². The molecule has 0 aromatic carbocycles. The van der Waals surface area contributed by atoms with Crippen LogP contribution in [0.2, 0.25) is 0 Å². The Morgan fingerprint density at radius 2 is 2.33 bits per heavy atom. The number of pyridine rings is 1. The molecule has 2 aromatic rings. The van der Waals surface area contributed by atoms with Crippen molar-refractivity contribution >= 4 is 27.0 Å². The molecule has 0 fully saturated rings. The quantitative estimate of drug-likeness (QED) is 0.523. The zero-order valence-corrected chi connectivity index (χ0v) is 8.09. The van der Waals surface area contributed by atoms with Crippen LogP contribution in [0.15, 0.2) is 22.8 Å². The molecule has 12 heavy (non-hydrogen) atoms. The normalized spacial score (nSPS) is 10.8. The van der Waals surface area contributed by atoms with E-state index >= 15 is 0 Å². The predicted octanol–water partition coefficient (Wildman–Crippen LogP) is 1.76. The van der Waals surface area contributed by atoms with Gasteiger partial charge in [-0.05, 0) is 35.0 Å². The van der Waals surface area contributed by atoms with Gasteiger partial charge >= 0.3 is 5.65 Å². The van der Waals surface area contributed by atoms with E-state index < -0.39 is 0 Å². The zero-order valence-electron chi connectivity index (χ0n) is 6.50. The largest absolute Gasteiger partial charge is 0.350 e. The summed E-state index contributed by atoms with van der Waals surface area (Å²) < 4.78 is 2.06. The Morgan fingerprint density at radius 1 is 1.58 bits per heavy atom. The summed E-state index contributed by atoms with van der Waals surface area (Å²) >= 11 is 3.40. The third-order valence-electron chi connectivity index (χ3n) is 1.78. The summed E-state index contributed by atoms with van der Waals surface area (Å²) in [6, 6.07) is 3.78.